The van der Waals surface area contributed by atoms with Crippen LogP contribution in [0.4, 0.5) is 10.5 Å². The summed E-state index contributed by atoms with van der Waals surface area (Å²) in [7, 11) is 0. The summed E-state index contributed by atoms with van der Waals surface area (Å²) < 4.78 is 5.25. The molecule has 0 saturated carbocycles. The fourth-order valence-electron chi connectivity index (χ4n) is 3.48. The summed E-state index contributed by atoms with van der Waals surface area (Å²) in [5.41, 5.74) is 3.47. The Bertz CT molecular complexity index is 1120. The Balaban J connectivity index is 1.72. The van der Waals surface area contributed by atoms with E-state index in [1.807, 2.05) is 24.3 Å². The number of nitrogens with one attached hydrogen (secondary N) is 2. The number of amides is 2. The highest BCUT2D eigenvalue weighted by Gasteiger charge is 2.27. The van der Waals surface area contributed by atoms with E-state index in [9.17, 15) is 9.59 Å². The van der Waals surface area contributed by atoms with Crippen LogP contribution in [0.1, 0.15) is 18.2 Å². The maximum absolute atomic E-state index is 12.9. The second-order valence-corrected chi connectivity index (χ2v) is 7.05. The minimum Gasteiger partial charge on any atom is -0.462 e. The summed E-state index contributed by atoms with van der Waals surface area (Å²) in [5, 5.41) is 4.28. The first-order valence-corrected chi connectivity index (χ1v) is 9.77. The predicted molar refractivity (Wildman–Crippen MR) is 114 cm³/mol. The number of hydrogen-bond donors (Lipinski definition) is 2. The Hall–Kier alpha value is -3.25. The number of urea groups is 1. The molecular weight excluding hydrogens is 390 g/mol. The lowest BCUT2D eigenvalue weighted by Crippen LogP contribution is -2.32. The van der Waals surface area contributed by atoms with Gasteiger partial charge in [-0.3, -0.25) is 4.90 Å². The molecule has 0 saturated heterocycles. The van der Waals surface area contributed by atoms with Gasteiger partial charge in [-0.1, -0.05) is 41.9 Å². The van der Waals surface area contributed by atoms with Crippen molar-refractivity contribution in [2.75, 3.05) is 18.5 Å². The van der Waals surface area contributed by atoms with Gasteiger partial charge in [0.05, 0.1) is 28.6 Å². The Morgan fingerprint density at radius 1 is 1.17 bits per heavy atom. The van der Waals surface area contributed by atoms with Gasteiger partial charge in [-0.2, -0.15) is 0 Å². The van der Waals surface area contributed by atoms with Crippen LogP contribution in [-0.4, -0.2) is 35.0 Å². The molecule has 0 radical (unpaired) electrons. The van der Waals surface area contributed by atoms with Crippen LogP contribution < -0.4 is 5.32 Å². The van der Waals surface area contributed by atoms with E-state index < -0.39 is 5.97 Å². The van der Waals surface area contributed by atoms with E-state index in [2.05, 4.69) is 10.3 Å². The van der Waals surface area contributed by atoms with Gasteiger partial charge in [0.1, 0.15) is 0 Å². The lowest BCUT2D eigenvalue weighted by atomic mass is 10.0. The molecule has 2 heterocycles. The first-order valence-electron chi connectivity index (χ1n) is 9.39. The van der Waals surface area contributed by atoms with E-state index in [0.717, 1.165) is 16.5 Å². The molecule has 1 aromatic heterocycles. The minimum absolute atomic E-state index is 0.248. The number of aromatic nitrogens is 1. The molecule has 2 aromatic carbocycles. The van der Waals surface area contributed by atoms with Crippen LogP contribution in [0.15, 0.2) is 54.7 Å². The van der Waals surface area contributed by atoms with E-state index in [4.69, 9.17) is 16.3 Å². The molecule has 0 fully saturated rings. The van der Waals surface area contributed by atoms with Gasteiger partial charge < -0.3 is 15.0 Å². The number of hydrogen-bond acceptors (Lipinski definition) is 3. The van der Waals surface area contributed by atoms with E-state index in [1.165, 1.54) is 4.90 Å². The van der Waals surface area contributed by atoms with Crippen LogP contribution in [0.25, 0.3) is 16.5 Å². The highest BCUT2D eigenvalue weighted by molar-refractivity contribution is 6.33. The average molecular weight is 410 g/mol. The number of ether oxygens (including phenoxy) is 1. The van der Waals surface area contributed by atoms with Crippen molar-refractivity contribution in [1.82, 2.24) is 9.88 Å². The number of H-pyrrole nitrogens is 1. The number of anilines is 1. The Kier molecular flexibility index (Phi) is 5.27. The summed E-state index contributed by atoms with van der Waals surface area (Å²) in [5.74, 6) is -0.474. The number of aromatic amines is 1. The zero-order valence-electron chi connectivity index (χ0n) is 15.9. The van der Waals surface area contributed by atoms with E-state index in [1.54, 1.807) is 37.4 Å². The van der Waals surface area contributed by atoms with Gasteiger partial charge in [0, 0.05) is 23.6 Å². The number of para-hydroxylation sites is 2. The quantitative estimate of drug-likeness (QED) is 0.609. The normalized spacial score (nSPS) is 13.4. The van der Waals surface area contributed by atoms with Gasteiger partial charge in [-0.25, -0.2) is 9.59 Å². The Morgan fingerprint density at radius 2 is 1.93 bits per heavy atom. The van der Waals surface area contributed by atoms with Crippen molar-refractivity contribution in [3.8, 4) is 0 Å². The zero-order valence-corrected chi connectivity index (χ0v) is 16.6. The molecule has 3 aromatic rings. The van der Waals surface area contributed by atoms with Crippen LogP contribution in [0.2, 0.25) is 5.02 Å². The van der Waals surface area contributed by atoms with Crippen molar-refractivity contribution in [1.29, 1.82) is 0 Å². The molecule has 1 aliphatic heterocycles. The Labute approximate surface area is 173 Å². The lowest BCUT2D eigenvalue weighted by Gasteiger charge is -2.19. The van der Waals surface area contributed by atoms with Gasteiger partial charge in [0.25, 0.3) is 0 Å². The molecule has 0 bridgehead atoms. The molecule has 1 aliphatic rings. The van der Waals surface area contributed by atoms with Crippen molar-refractivity contribution in [3.63, 3.8) is 0 Å². The highest BCUT2D eigenvalue weighted by atomic mass is 35.5. The van der Waals surface area contributed by atoms with Gasteiger partial charge in [-0.15, -0.1) is 0 Å². The fraction of sp³-hybridized carbons (Fsp3) is 0.182. The van der Waals surface area contributed by atoms with Gasteiger partial charge in [-0.05, 0) is 37.1 Å². The number of nitrogens with zero attached hydrogens (tertiary/aromatic N) is 1. The summed E-state index contributed by atoms with van der Waals surface area (Å²) in [6.45, 7) is 2.41. The third kappa shape index (κ3) is 3.71. The van der Waals surface area contributed by atoms with E-state index in [-0.39, 0.29) is 12.6 Å². The monoisotopic (exact) mass is 409 g/mol. The molecule has 2 amide bonds. The molecule has 0 aliphatic carbocycles. The molecular formula is C22H20ClN3O3. The van der Waals surface area contributed by atoms with Gasteiger partial charge in [0.15, 0.2) is 0 Å². The van der Waals surface area contributed by atoms with Crippen LogP contribution in [0.5, 0.6) is 0 Å². The van der Waals surface area contributed by atoms with Crippen LogP contribution in [0, 0.1) is 0 Å². The molecule has 148 valence electrons. The minimum atomic E-state index is -0.474. The average Bonchev–Trinajstić information content (AvgIpc) is 2.97. The molecule has 0 atom stereocenters. The third-order valence-electron chi connectivity index (χ3n) is 4.84. The summed E-state index contributed by atoms with van der Waals surface area (Å²) in [6.07, 6.45) is 2.14. The number of carbonyl (C=O) groups is 2. The predicted octanol–water partition coefficient (Wildman–Crippen LogP) is 4.82. The summed E-state index contributed by atoms with van der Waals surface area (Å²) >= 11 is 6.15. The second-order valence-electron chi connectivity index (χ2n) is 6.64. The number of fused-ring (bicyclic) bond motifs is 3. The van der Waals surface area contributed by atoms with Gasteiger partial charge >= 0.3 is 12.0 Å². The topological polar surface area (TPSA) is 74.4 Å². The second kappa shape index (κ2) is 8.01. The van der Waals surface area contributed by atoms with Crippen molar-refractivity contribution < 1.29 is 14.3 Å². The number of rotatable bonds is 3. The van der Waals surface area contributed by atoms with Crippen molar-refractivity contribution in [2.24, 2.45) is 0 Å². The van der Waals surface area contributed by atoms with Crippen LogP contribution in [-0.2, 0) is 16.0 Å². The fourth-order valence-corrected chi connectivity index (χ4v) is 3.66. The molecule has 7 heteroatoms. The molecule has 6 nitrogen and oxygen atoms in total. The number of carbonyl (C=O) groups excluding carboxylic acids is 2. The smallest absolute Gasteiger partial charge is 0.341 e. The molecule has 2 N–H and O–H groups in total. The molecule has 4 rings (SSSR count). The SMILES string of the molecule is CCOC(=O)C1=CN(C(=O)Nc2ccccc2Cl)CCc2c1[nH]c1ccccc21. The highest BCUT2D eigenvalue weighted by Crippen LogP contribution is 2.31. The number of benzene rings is 2. The first-order chi connectivity index (χ1) is 14.1. The first kappa shape index (κ1) is 19.1. The van der Waals surface area contributed by atoms with Crippen molar-refractivity contribution in [2.45, 2.75) is 13.3 Å². The van der Waals surface area contributed by atoms with E-state index >= 15 is 0 Å². The maximum Gasteiger partial charge on any atom is 0.341 e. The third-order valence-corrected chi connectivity index (χ3v) is 5.17. The van der Waals surface area contributed by atoms with Gasteiger partial charge in [0.2, 0.25) is 0 Å². The maximum atomic E-state index is 12.9. The van der Waals surface area contributed by atoms with E-state index in [0.29, 0.717) is 34.9 Å². The Morgan fingerprint density at radius 3 is 2.72 bits per heavy atom. The molecule has 0 spiro atoms. The molecule has 29 heavy (non-hydrogen) atoms. The largest absolute Gasteiger partial charge is 0.462 e. The van der Waals surface area contributed by atoms with Crippen LogP contribution in [0.3, 0.4) is 0 Å². The summed E-state index contributed by atoms with van der Waals surface area (Å²) in [4.78, 5) is 30.4. The molecule has 0 unspecified atom stereocenters. The number of halogens is 1. The standard InChI is InChI=1S/C22H20ClN3O3/c1-2-29-21(27)16-13-26(22(28)25-19-10-6-4-8-17(19)23)12-11-15-14-7-3-5-9-18(14)24-20(15)16/h3-10,13,24H,2,11-12H2,1H3,(H,25,28). The van der Waals surface area contributed by atoms with Crippen molar-refractivity contribution in [3.05, 3.63) is 71.0 Å². The van der Waals surface area contributed by atoms with Crippen molar-refractivity contribution >= 4 is 45.8 Å². The summed E-state index contributed by atoms with van der Waals surface area (Å²) in [6, 6.07) is 14.5. The zero-order chi connectivity index (χ0) is 20.4. The van der Waals surface area contributed by atoms with Crippen LogP contribution >= 0.6 is 11.6 Å². The number of esters is 1. The lowest BCUT2D eigenvalue weighted by molar-refractivity contribution is -0.136.